The fraction of sp³-hybridized carbons (Fsp3) is 0.412. The van der Waals surface area contributed by atoms with Gasteiger partial charge in [0.05, 0.1) is 11.0 Å². The fourth-order valence-electron chi connectivity index (χ4n) is 3.16. The van der Waals surface area contributed by atoms with Crippen LogP contribution in [0, 0.1) is 23.0 Å². The number of aromatic nitrogens is 2. The number of amides is 1. The normalized spacial score (nSPS) is 19.8. The Morgan fingerprint density at radius 1 is 1.36 bits per heavy atom. The Kier molecular flexibility index (Phi) is 4.69. The zero-order valence-corrected chi connectivity index (χ0v) is 14.2. The number of hydrogen-bond acceptors (Lipinski definition) is 5. The summed E-state index contributed by atoms with van der Waals surface area (Å²) in [5, 5.41) is 15.1. The van der Waals surface area contributed by atoms with Gasteiger partial charge >= 0.3 is 11.8 Å². The number of ether oxygens (including phenoxy) is 1. The molecule has 0 radical (unpaired) electrons. The maximum atomic E-state index is 12.3. The van der Waals surface area contributed by atoms with Gasteiger partial charge in [0, 0.05) is 13.1 Å². The van der Waals surface area contributed by atoms with Crippen molar-refractivity contribution < 1.29 is 14.5 Å². The van der Waals surface area contributed by atoms with Crippen LogP contribution in [0.15, 0.2) is 36.5 Å². The van der Waals surface area contributed by atoms with Crippen LogP contribution in [0.5, 0.6) is 0 Å². The molecule has 3 rings (SSSR count). The zero-order chi connectivity index (χ0) is 18.0. The second-order valence-corrected chi connectivity index (χ2v) is 6.31. The van der Waals surface area contributed by atoms with Crippen LogP contribution >= 0.6 is 0 Å². The van der Waals surface area contributed by atoms with E-state index in [9.17, 15) is 14.9 Å². The van der Waals surface area contributed by atoms with Gasteiger partial charge in [-0.1, -0.05) is 37.3 Å². The van der Waals surface area contributed by atoms with Gasteiger partial charge in [-0.2, -0.15) is 5.10 Å². The molecule has 0 saturated carbocycles. The molecule has 1 aromatic carbocycles. The van der Waals surface area contributed by atoms with Gasteiger partial charge in [-0.25, -0.2) is 4.79 Å². The van der Waals surface area contributed by atoms with Crippen molar-refractivity contribution in [3.63, 3.8) is 0 Å². The van der Waals surface area contributed by atoms with E-state index in [1.54, 1.807) is 16.5 Å². The first-order chi connectivity index (χ1) is 12.0. The monoisotopic (exact) mass is 344 g/mol. The van der Waals surface area contributed by atoms with E-state index in [1.807, 2.05) is 37.3 Å². The van der Waals surface area contributed by atoms with Crippen LogP contribution < -0.4 is 0 Å². The van der Waals surface area contributed by atoms with Crippen LogP contribution in [0.1, 0.15) is 24.2 Å². The lowest BCUT2D eigenvalue weighted by Gasteiger charge is -2.17. The highest BCUT2D eigenvalue weighted by molar-refractivity contribution is 5.68. The van der Waals surface area contributed by atoms with Crippen LogP contribution in [-0.2, 0) is 11.3 Å². The summed E-state index contributed by atoms with van der Waals surface area (Å²) < 4.78 is 7.01. The summed E-state index contributed by atoms with van der Waals surface area (Å²) in [7, 11) is 0. The predicted molar refractivity (Wildman–Crippen MR) is 90.0 cm³/mol. The number of nitro groups is 1. The van der Waals surface area contributed by atoms with Gasteiger partial charge in [0.2, 0.25) is 0 Å². The Balaban J connectivity index is 1.65. The van der Waals surface area contributed by atoms with Crippen LogP contribution in [0.4, 0.5) is 10.5 Å². The van der Waals surface area contributed by atoms with Crippen molar-refractivity contribution >= 4 is 11.8 Å². The van der Waals surface area contributed by atoms with Crippen LogP contribution in [-0.4, -0.2) is 38.8 Å². The van der Waals surface area contributed by atoms with Gasteiger partial charge in [-0.05, 0) is 18.4 Å². The lowest BCUT2D eigenvalue weighted by molar-refractivity contribution is -0.385. The quantitative estimate of drug-likeness (QED) is 0.628. The van der Waals surface area contributed by atoms with E-state index in [-0.39, 0.29) is 30.3 Å². The smallest absolute Gasteiger partial charge is 0.410 e. The number of hydrogen-bond donors (Lipinski definition) is 0. The first kappa shape index (κ1) is 16.9. The van der Waals surface area contributed by atoms with Gasteiger partial charge in [-0.3, -0.25) is 14.8 Å². The lowest BCUT2D eigenvalue weighted by atomic mass is 10.1. The van der Waals surface area contributed by atoms with Crippen LogP contribution in [0.25, 0.3) is 0 Å². The lowest BCUT2D eigenvalue weighted by Crippen LogP contribution is -2.30. The summed E-state index contributed by atoms with van der Waals surface area (Å²) in [5.41, 5.74) is 1.43. The third-order valence-corrected chi connectivity index (χ3v) is 4.57. The number of benzene rings is 1. The van der Waals surface area contributed by atoms with E-state index in [0.29, 0.717) is 18.8 Å². The van der Waals surface area contributed by atoms with Gasteiger partial charge < -0.3 is 9.64 Å². The predicted octanol–water partition coefficient (Wildman–Crippen LogP) is 2.93. The van der Waals surface area contributed by atoms with E-state index in [4.69, 9.17) is 4.74 Å². The second kappa shape index (κ2) is 6.92. The molecule has 132 valence electrons. The molecule has 1 fully saturated rings. The van der Waals surface area contributed by atoms with E-state index in [1.165, 1.54) is 6.20 Å². The Morgan fingerprint density at radius 3 is 2.72 bits per heavy atom. The van der Waals surface area contributed by atoms with Gasteiger partial charge in [0.15, 0.2) is 0 Å². The van der Waals surface area contributed by atoms with E-state index >= 15 is 0 Å². The van der Waals surface area contributed by atoms with Crippen LogP contribution in [0.2, 0.25) is 0 Å². The third-order valence-electron chi connectivity index (χ3n) is 4.57. The molecule has 1 aliphatic heterocycles. The highest BCUT2D eigenvalue weighted by Crippen LogP contribution is 2.31. The molecule has 1 amide bonds. The molecule has 0 spiro atoms. The van der Waals surface area contributed by atoms with E-state index < -0.39 is 4.92 Å². The standard InChI is InChI=1S/C17H20N4O4/c1-12-9-19(17(22)25-11-14-6-4-3-5-7-14)10-16(12)20-13(2)15(8-18-20)21(23)24/h3-8,12,16H,9-11H2,1-2H3/t12-,16+/m0/s1. The Morgan fingerprint density at radius 2 is 2.08 bits per heavy atom. The summed E-state index contributed by atoms with van der Waals surface area (Å²) in [6, 6.07) is 9.39. The molecule has 0 N–H and O–H groups in total. The minimum atomic E-state index is -0.440. The number of likely N-dealkylation sites (tertiary alicyclic amines) is 1. The minimum Gasteiger partial charge on any atom is -0.445 e. The van der Waals surface area contributed by atoms with Crippen LogP contribution in [0.3, 0.4) is 0 Å². The fourth-order valence-corrected chi connectivity index (χ4v) is 3.16. The Bertz CT molecular complexity index is 774. The molecule has 8 nitrogen and oxygen atoms in total. The average molecular weight is 344 g/mol. The maximum Gasteiger partial charge on any atom is 0.410 e. The molecule has 8 heteroatoms. The van der Waals surface area contributed by atoms with Crippen molar-refractivity contribution in [3.8, 4) is 0 Å². The molecule has 25 heavy (non-hydrogen) atoms. The number of rotatable bonds is 4. The molecule has 1 aromatic heterocycles. The number of carbonyl (C=O) groups excluding carboxylic acids is 1. The molecule has 2 atom stereocenters. The van der Waals surface area contributed by atoms with E-state index in [2.05, 4.69) is 5.10 Å². The molecule has 1 saturated heterocycles. The SMILES string of the molecule is Cc1c([N+](=O)[O-])cnn1[C@@H]1CN(C(=O)OCc2ccccc2)C[C@@H]1C. The summed E-state index contributed by atoms with van der Waals surface area (Å²) >= 11 is 0. The molecule has 2 heterocycles. The van der Waals surface area contributed by atoms with Crippen molar-refractivity contribution in [1.82, 2.24) is 14.7 Å². The molecule has 0 aliphatic carbocycles. The van der Waals surface area contributed by atoms with Gasteiger partial charge in [0.1, 0.15) is 18.5 Å². The van der Waals surface area contributed by atoms with E-state index in [0.717, 1.165) is 5.56 Å². The van der Waals surface area contributed by atoms with Crippen molar-refractivity contribution in [2.75, 3.05) is 13.1 Å². The van der Waals surface area contributed by atoms with Crippen molar-refractivity contribution in [2.45, 2.75) is 26.5 Å². The minimum absolute atomic E-state index is 0.00250. The summed E-state index contributed by atoms with van der Waals surface area (Å²) in [5.74, 6) is 0.127. The molecule has 0 unspecified atom stereocenters. The average Bonchev–Trinajstić information content (AvgIpc) is 3.16. The largest absolute Gasteiger partial charge is 0.445 e. The summed E-state index contributed by atoms with van der Waals surface area (Å²) in [6.07, 6.45) is 0.885. The number of carbonyl (C=O) groups is 1. The van der Waals surface area contributed by atoms with Crippen molar-refractivity contribution in [3.05, 3.63) is 57.9 Å². The highest BCUT2D eigenvalue weighted by Gasteiger charge is 2.36. The second-order valence-electron chi connectivity index (χ2n) is 6.31. The Labute approximate surface area is 145 Å². The third kappa shape index (κ3) is 3.47. The first-order valence-corrected chi connectivity index (χ1v) is 8.11. The molecular formula is C17H20N4O4. The van der Waals surface area contributed by atoms with Gasteiger partial charge in [0.25, 0.3) is 0 Å². The summed E-state index contributed by atoms with van der Waals surface area (Å²) in [6.45, 7) is 4.86. The first-order valence-electron chi connectivity index (χ1n) is 8.11. The summed E-state index contributed by atoms with van der Waals surface area (Å²) in [4.78, 5) is 24.5. The van der Waals surface area contributed by atoms with Crippen molar-refractivity contribution in [2.24, 2.45) is 5.92 Å². The molecule has 0 bridgehead atoms. The highest BCUT2D eigenvalue weighted by atomic mass is 16.6. The maximum absolute atomic E-state index is 12.3. The topological polar surface area (TPSA) is 90.5 Å². The molecule has 1 aliphatic rings. The van der Waals surface area contributed by atoms with Crippen molar-refractivity contribution in [1.29, 1.82) is 0 Å². The van der Waals surface area contributed by atoms with Gasteiger partial charge in [-0.15, -0.1) is 0 Å². The number of nitrogens with zero attached hydrogens (tertiary/aromatic N) is 4. The Hall–Kier alpha value is -2.90. The zero-order valence-electron chi connectivity index (χ0n) is 14.2. The molecule has 2 aromatic rings. The molecular weight excluding hydrogens is 324 g/mol.